The van der Waals surface area contributed by atoms with Crippen molar-refractivity contribution in [3.05, 3.63) is 17.8 Å². The molecule has 1 unspecified atom stereocenters. The van der Waals surface area contributed by atoms with Crippen molar-refractivity contribution in [2.45, 2.75) is 26.2 Å². The summed E-state index contributed by atoms with van der Waals surface area (Å²) in [4.78, 5) is 2.19. The third-order valence-electron chi connectivity index (χ3n) is 3.14. The Morgan fingerprint density at radius 1 is 1.44 bits per heavy atom. The zero-order valence-electron chi connectivity index (χ0n) is 9.56. The molecule has 1 fully saturated rings. The SMILES string of the molecule is CC1CCCN(c2nnccc2C#N)CC1. The molecular weight excluding hydrogens is 200 g/mol. The zero-order chi connectivity index (χ0) is 11.4. The summed E-state index contributed by atoms with van der Waals surface area (Å²) >= 11 is 0. The Hall–Kier alpha value is -1.63. The standard InChI is InChI=1S/C12H16N4/c1-10-3-2-7-16(8-5-10)12-11(9-13)4-6-14-15-12/h4,6,10H,2-3,5,7-8H2,1H3. The van der Waals surface area contributed by atoms with Gasteiger partial charge in [0.25, 0.3) is 0 Å². The summed E-state index contributed by atoms with van der Waals surface area (Å²) in [6.45, 7) is 4.25. The van der Waals surface area contributed by atoms with E-state index in [-0.39, 0.29) is 0 Å². The van der Waals surface area contributed by atoms with Gasteiger partial charge in [0.15, 0.2) is 5.82 Å². The average Bonchev–Trinajstić information content (AvgIpc) is 2.54. The number of nitrogens with zero attached hydrogens (tertiary/aromatic N) is 4. The van der Waals surface area contributed by atoms with Gasteiger partial charge in [-0.3, -0.25) is 0 Å². The van der Waals surface area contributed by atoms with Gasteiger partial charge in [0.05, 0.1) is 11.8 Å². The van der Waals surface area contributed by atoms with Crippen molar-refractivity contribution in [3.63, 3.8) is 0 Å². The lowest BCUT2D eigenvalue weighted by Crippen LogP contribution is -2.26. The summed E-state index contributed by atoms with van der Waals surface area (Å²) in [5.74, 6) is 1.52. The molecule has 0 amide bonds. The third-order valence-corrected chi connectivity index (χ3v) is 3.14. The van der Waals surface area contributed by atoms with E-state index in [0.29, 0.717) is 5.56 Å². The lowest BCUT2D eigenvalue weighted by atomic mass is 10.0. The van der Waals surface area contributed by atoms with E-state index < -0.39 is 0 Å². The molecule has 0 radical (unpaired) electrons. The topological polar surface area (TPSA) is 52.8 Å². The highest BCUT2D eigenvalue weighted by Gasteiger charge is 2.17. The Balaban J connectivity index is 2.20. The van der Waals surface area contributed by atoms with E-state index in [0.717, 1.165) is 24.8 Å². The van der Waals surface area contributed by atoms with Gasteiger partial charge in [-0.2, -0.15) is 10.4 Å². The van der Waals surface area contributed by atoms with Crippen molar-refractivity contribution in [1.82, 2.24) is 10.2 Å². The number of hydrogen-bond acceptors (Lipinski definition) is 4. The molecule has 4 heteroatoms. The Bertz CT molecular complexity index is 396. The number of anilines is 1. The van der Waals surface area contributed by atoms with E-state index in [1.807, 2.05) is 0 Å². The van der Waals surface area contributed by atoms with Crippen molar-refractivity contribution in [3.8, 4) is 6.07 Å². The van der Waals surface area contributed by atoms with Crippen LogP contribution in [0, 0.1) is 17.2 Å². The Morgan fingerprint density at radius 3 is 3.12 bits per heavy atom. The van der Waals surface area contributed by atoms with Crippen LogP contribution in [0.3, 0.4) is 0 Å². The smallest absolute Gasteiger partial charge is 0.169 e. The molecule has 1 aromatic heterocycles. The van der Waals surface area contributed by atoms with Crippen molar-refractivity contribution >= 4 is 5.82 Å². The highest BCUT2D eigenvalue weighted by Crippen LogP contribution is 2.22. The van der Waals surface area contributed by atoms with Gasteiger partial charge in [0, 0.05) is 13.1 Å². The molecule has 0 aliphatic carbocycles. The van der Waals surface area contributed by atoms with Crippen LogP contribution in [-0.2, 0) is 0 Å². The van der Waals surface area contributed by atoms with Gasteiger partial charge in [-0.25, -0.2) is 0 Å². The Morgan fingerprint density at radius 2 is 2.31 bits per heavy atom. The first-order valence-electron chi connectivity index (χ1n) is 5.78. The van der Waals surface area contributed by atoms with Crippen LogP contribution in [0.15, 0.2) is 12.3 Å². The third kappa shape index (κ3) is 2.30. The van der Waals surface area contributed by atoms with E-state index in [9.17, 15) is 0 Å². The molecule has 2 heterocycles. The van der Waals surface area contributed by atoms with E-state index in [2.05, 4.69) is 28.1 Å². The van der Waals surface area contributed by atoms with E-state index in [4.69, 9.17) is 5.26 Å². The van der Waals surface area contributed by atoms with Gasteiger partial charge in [0.1, 0.15) is 6.07 Å². The summed E-state index contributed by atoms with van der Waals surface area (Å²) in [5.41, 5.74) is 0.629. The second-order valence-electron chi connectivity index (χ2n) is 4.40. The predicted molar refractivity (Wildman–Crippen MR) is 62.0 cm³/mol. The summed E-state index contributed by atoms with van der Waals surface area (Å²) in [5, 5.41) is 17.0. The van der Waals surface area contributed by atoms with Crippen LogP contribution in [0.1, 0.15) is 31.7 Å². The van der Waals surface area contributed by atoms with Crippen LogP contribution in [0.5, 0.6) is 0 Å². The molecule has 16 heavy (non-hydrogen) atoms. The van der Waals surface area contributed by atoms with E-state index >= 15 is 0 Å². The van der Waals surface area contributed by atoms with Crippen LogP contribution in [0.4, 0.5) is 5.82 Å². The second-order valence-corrected chi connectivity index (χ2v) is 4.40. The highest BCUT2D eigenvalue weighted by molar-refractivity contribution is 5.52. The number of rotatable bonds is 1. The molecule has 0 bridgehead atoms. The van der Waals surface area contributed by atoms with Crippen molar-refractivity contribution < 1.29 is 0 Å². The van der Waals surface area contributed by atoms with Gasteiger partial charge in [-0.05, 0) is 31.2 Å². The summed E-state index contributed by atoms with van der Waals surface area (Å²) in [7, 11) is 0. The second kappa shape index (κ2) is 4.93. The van der Waals surface area contributed by atoms with Crippen molar-refractivity contribution in [1.29, 1.82) is 5.26 Å². The first kappa shape index (κ1) is 10.9. The van der Waals surface area contributed by atoms with E-state index in [1.165, 1.54) is 19.3 Å². The van der Waals surface area contributed by atoms with Gasteiger partial charge in [-0.1, -0.05) is 6.92 Å². The molecular formula is C12H16N4. The van der Waals surface area contributed by atoms with Crippen molar-refractivity contribution in [2.24, 2.45) is 5.92 Å². The summed E-state index contributed by atoms with van der Waals surface area (Å²) < 4.78 is 0. The average molecular weight is 216 g/mol. The lowest BCUT2D eigenvalue weighted by molar-refractivity contribution is 0.521. The van der Waals surface area contributed by atoms with Gasteiger partial charge < -0.3 is 4.90 Å². The molecule has 1 aliphatic heterocycles. The van der Waals surface area contributed by atoms with Crippen LogP contribution < -0.4 is 4.90 Å². The monoisotopic (exact) mass is 216 g/mol. The number of aromatic nitrogens is 2. The molecule has 4 nitrogen and oxygen atoms in total. The maximum atomic E-state index is 9.03. The van der Waals surface area contributed by atoms with E-state index in [1.54, 1.807) is 12.3 Å². The van der Waals surface area contributed by atoms with Gasteiger partial charge >= 0.3 is 0 Å². The summed E-state index contributed by atoms with van der Waals surface area (Å²) in [6.07, 6.45) is 5.17. The largest absolute Gasteiger partial charge is 0.354 e. The molecule has 1 saturated heterocycles. The van der Waals surface area contributed by atoms with Crippen LogP contribution >= 0.6 is 0 Å². The molecule has 0 aromatic carbocycles. The fraction of sp³-hybridized carbons (Fsp3) is 0.583. The molecule has 2 rings (SSSR count). The maximum Gasteiger partial charge on any atom is 0.169 e. The Kier molecular flexibility index (Phi) is 3.35. The maximum absolute atomic E-state index is 9.03. The highest BCUT2D eigenvalue weighted by atomic mass is 15.3. The zero-order valence-corrected chi connectivity index (χ0v) is 9.56. The lowest BCUT2D eigenvalue weighted by Gasteiger charge is -2.21. The fourth-order valence-electron chi connectivity index (χ4n) is 2.12. The van der Waals surface area contributed by atoms with Crippen LogP contribution in [0.2, 0.25) is 0 Å². The van der Waals surface area contributed by atoms with Gasteiger partial charge in [-0.15, -0.1) is 5.10 Å². The van der Waals surface area contributed by atoms with Crippen LogP contribution in [-0.4, -0.2) is 23.3 Å². The fourth-order valence-corrected chi connectivity index (χ4v) is 2.12. The first-order chi connectivity index (χ1) is 7.81. The summed E-state index contributed by atoms with van der Waals surface area (Å²) in [6, 6.07) is 3.91. The molecule has 84 valence electrons. The minimum atomic E-state index is 0.629. The molecule has 0 saturated carbocycles. The minimum absolute atomic E-state index is 0.629. The molecule has 1 aliphatic rings. The number of nitriles is 1. The minimum Gasteiger partial charge on any atom is -0.354 e. The molecule has 1 aromatic rings. The molecule has 0 spiro atoms. The normalized spacial score (nSPS) is 21.2. The Labute approximate surface area is 95.9 Å². The first-order valence-corrected chi connectivity index (χ1v) is 5.78. The van der Waals surface area contributed by atoms with Gasteiger partial charge in [0.2, 0.25) is 0 Å². The predicted octanol–water partition coefficient (Wildman–Crippen LogP) is 1.97. The van der Waals surface area contributed by atoms with Crippen molar-refractivity contribution in [2.75, 3.05) is 18.0 Å². The quantitative estimate of drug-likeness (QED) is 0.720. The van der Waals surface area contributed by atoms with Crippen LogP contribution in [0.25, 0.3) is 0 Å². The molecule has 1 atom stereocenters. The number of hydrogen-bond donors (Lipinski definition) is 0. The molecule has 0 N–H and O–H groups in total.